The van der Waals surface area contributed by atoms with E-state index in [2.05, 4.69) is 18.4 Å². The summed E-state index contributed by atoms with van der Waals surface area (Å²) in [6, 6.07) is 9.96. The Labute approximate surface area is 201 Å². The van der Waals surface area contributed by atoms with Crippen LogP contribution >= 0.6 is 11.8 Å². The van der Waals surface area contributed by atoms with Gasteiger partial charge in [-0.3, -0.25) is 4.79 Å². The molecule has 2 rings (SSSR count). The number of thioether (sulfide) groups is 1. The number of aromatic nitrogens is 1. The van der Waals surface area contributed by atoms with E-state index < -0.39 is 0 Å². The molecular formula is C24H32INO3S. The molecule has 6 heteroatoms. The highest BCUT2D eigenvalue weighted by atomic mass is 127. The van der Waals surface area contributed by atoms with Crippen LogP contribution in [0.25, 0.3) is 11.3 Å². The normalized spacial score (nSPS) is 10.4. The molecule has 1 aromatic heterocycles. The molecule has 0 unspecified atom stereocenters. The smallest absolute Gasteiger partial charge is 0.345 e. The van der Waals surface area contributed by atoms with Crippen LogP contribution in [0.5, 0.6) is 0 Å². The van der Waals surface area contributed by atoms with E-state index in [9.17, 15) is 9.59 Å². The van der Waals surface area contributed by atoms with Crippen molar-refractivity contribution < 1.29 is 42.9 Å². The summed E-state index contributed by atoms with van der Waals surface area (Å²) in [5.41, 5.74) is 4.86. The molecule has 2 aromatic rings. The van der Waals surface area contributed by atoms with Crippen molar-refractivity contribution in [2.75, 3.05) is 12.4 Å². The van der Waals surface area contributed by atoms with Gasteiger partial charge in [0.15, 0.2) is 5.69 Å². The van der Waals surface area contributed by atoms with Gasteiger partial charge in [-0.2, -0.15) is 4.57 Å². The standard InChI is InChI=1S/C24H32NO3S.HI/c1-6-16-25-19(8-3)20(24(27)29-10-5)18(7-2)21(23(26)28-9-4)22(25)17-14-12-11-13-15-17;/h11-15H,6-10,16H2,1-5H3;1H/q+1;/p-1. The van der Waals surface area contributed by atoms with Gasteiger partial charge < -0.3 is 28.7 Å². The van der Waals surface area contributed by atoms with Gasteiger partial charge in [0.05, 0.1) is 12.2 Å². The second kappa shape index (κ2) is 13.1. The minimum atomic E-state index is -0.355. The van der Waals surface area contributed by atoms with Crippen molar-refractivity contribution in [3.63, 3.8) is 0 Å². The number of nitrogens with zero attached hydrogens (tertiary/aromatic N) is 1. The predicted octanol–water partition coefficient (Wildman–Crippen LogP) is 2.25. The first-order valence-electron chi connectivity index (χ1n) is 10.6. The summed E-state index contributed by atoms with van der Waals surface area (Å²) in [5, 5.41) is 0.0382. The fourth-order valence-electron chi connectivity index (χ4n) is 3.80. The first-order chi connectivity index (χ1) is 14.0. The third-order valence-electron chi connectivity index (χ3n) is 4.87. The van der Waals surface area contributed by atoms with Gasteiger partial charge in [0.25, 0.3) is 0 Å². The predicted molar refractivity (Wildman–Crippen MR) is 120 cm³/mol. The zero-order valence-electron chi connectivity index (χ0n) is 18.6. The molecule has 0 N–H and O–H groups in total. The zero-order valence-corrected chi connectivity index (χ0v) is 21.6. The Morgan fingerprint density at radius 3 is 2.13 bits per heavy atom. The second-order valence-corrected chi connectivity index (χ2v) is 7.93. The van der Waals surface area contributed by atoms with E-state index >= 15 is 0 Å². The maximum Gasteiger partial charge on any atom is 0.345 e. The average Bonchev–Trinajstić information content (AvgIpc) is 2.73. The zero-order chi connectivity index (χ0) is 21.4. The number of hydrogen-bond acceptors (Lipinski definition) is 4. The molecule has 1 aromatic carbocycles. The van der Waals surface area contributed by atoms with Gasteiger partial charge in [-0.05, 0) is 36.8 Å². The summed E-state index contributed by atoms with van der Waals surface area (Å²) in [5.74, 6) is 0.347. The quantitative estimate of drug-likeness (QED) is 0.278. The molecule has 0 spiro atoms. The molecule has 0 saturated carbocycles. The third kappa shape index (κ3) is 5.63. The van der Waals surface area contributed by atoms with Gasteiger partial charge in [0.1, 0.15) is 12.1 Å². The molecule has 0 aliphatic carbocycles. The minimum Gasteiger partial charge on any atom is -1.00 e. The third-order valence-corrected chi connectivity index (χ3v) is 5.62. The van der Waals surface area contributed by atoms with Crippen LogP contribution in [0.4, 0.5) is 0 Å². The van der Waals surface area contributed by atoms with Gasteiger partial charge in [0.2, 0.25) is 10.8 Å². The number of esters is 1. The largest absolute Gasteiger partial charge is 1.00 e. The number of hydrogen-bond donors (Lipinski definition) is 0. The van der Waals surface area contributed by atoms with Crippen LogP contribution in [0.2, 0.25) is 0 Å². The summed E-state index contributed by atoms with van der Waals surface area (Å²) >= 11 is 1.30. The van der Waals surface area contributed by atoms with Crippen molar-refractivity contribution in [2.24, 2.45) is 0 Å². The number of carbonyl (C=O) groups excluding carboxylic acids is 2. The molecule has 0 atom stereocenters. The van der Waals surface area contributed by atoms with E-state index in [0.29, 0.717) is 29.9 Å². The lowest BCUT2D eigenvalue weighted by Gasteiger charge is -2.19. The van der Waals surface area contributed by atoms with E-state index in [1.54, 1.807) is 0 Å². The van der Waals surface area contributed by atoms with Crippen molar-refractivity contribution in [3.8, 4) is 11.3 Å². The fraction of sp³-hybridized carbons (Fsp3) is 0.458. The topological polar surface area (TPSA) is 47.2 Å². The van der Waals surface area contributed by atoms with Crippen LogP contribution in [0.15, 0.2) is 30.3 Å². The van der Waals surface area contributed by atoms with Crippen molar-refractivity contribution in [2.45, 2.75) is 60.4 Å². The SMILES string of the molecule is CCC[n+]1c(CC)c(C(=O)SCC)c(CC)c(C(=O)OCC)c1-c1ccccc1.[I-]. The number of carbonyl (C=O) groups is 2. The highest BCUT2D eigenvalue weighted by Gasteiger charge is 2.36. The lowest BCUT2D eigenvalue weighted by molar-refractivity contribution is -0.693. The summed E-state index contributed by atoms with van der Waals surface area (Å²) in [6.07, 6.45) is 2.22. The number of pyridine rings is 1. The molecule has 164 valence electrons. The number of ether oxygens (including phenoxy) is 1. The molecule has 1 heterocycles. The Kier molecular flexibility index (Phi) is 11.6. The molecule has 0 saturated heterocycles. The van der Waals surface area contributed by atoms with Crippen molar-refractivity contribution in [1.29, 1.82) is 0 Å². The maximum absolute atomic E-state index is 13.2. The van der Waals surface area contributed by atoms with Gasteiger partial charge >= 0.3 is 5.97 Å². The first kappa shape index (κ1) is 26.6. The molecule has 0 amide bonds. The van der Waals surface area contributed by atoms with Crippen molar-refractivity contribution in [3.05, 3.63) is 52.7 Å². The molecule has 30 heavy (non-hydrogen) atoms. The van der Waals surface area contributed by atoms with Gasteiger partial charge in [-0.1, -0.05) is 57.7 Å². The molecule has 0 aliphatic rings. The van der Waals surface area contributed by atoms with E-state index in [4.69, 9.17) is 4.74 Å². The van der Waals surface area contributed by atoms with E-state index in [1.807, 2.05) is 51.1 Å². The Morgan fingerprint density at radius 2 is 1.63 bits per heavy atom. The van der Waals surface area contributed by atoms with Crippen LogP contribution < -0.4 is 28.5 Å². The summed E-state index contributed by atoms with van der Waals surface area (Å²) < 4.78 is 7.63. The molecule has 0 bridgehead atoms. The van der Waals surface area contributed by atoms with Gasteiger partial charge in [0, 0.05) is 18.4 Å². The van der Waals surface area contributed by atoms with Crippen LogP contribution in [-0.2, 0) is 24.1 Å². The monoisotopic (exact) mass is 541 g/mol. The summed E-state index contributed by atoms with van der Waals surface area (Å²) in [7, 11) is 0. The first-order valence-corrected chi connectivity index (χ1v) is 11.5. The highest BCUT2D eigenvalue weighted by molar-refractivity contribution is 8.14. The lowest BCUT2D eigenvalue weighted by Crippen LogP contribution is -3.00. The number of halogens is 1. The lowest BCUT2D eigenvalue weighted by atomic mass is 9.92. The van der Waals surface area contributed by atoms with Crippen LogP contribution in [0.1, 0.15) is 73.0 Å². The fourth-order valence-corrected chi connectivity index (χ4v) is 4.45. The summed E-state index contributed by atoms with van der Waals surface area (Å²) in [4.78, 5) is 26.3. The van der Waals surface area contributed by atoms with Crippen LogP contribution in [0, 0.1) is 0 Å². The Bertz CT molecular complexity index is 869. The van der Waals surface area contributed by atoms with E-state index in [-0.39, 0.29) is 35.1 Å². The molecule has 0 fully saturated rings. The summed E-state index contributed by atoms with van der Waals surface area (Å²) in [6.45, 7) is 11.0. The van der Waals surface area contributed by atoms with Crippen molar-refractivity contribution in [1.82, 2.24) is 0 Å². The Balaban J connectivity index is 0.00000450. The minimum absolute atomic E-state index is 0. The Hall–Kier alpha value is -1.41. The molecule has 0 aliphatic heterocycles. The average molecular weight is 541 g/mol. The van der Waals surface area contributed by atoms with Gasteiger partial charge in [-0.25, -0.2) is 4.79 Å². The van der Waals surface area contributed by atoms with Crippen LogP contribution in [-0.4, -0.2) is 23.4 Å². The molecule has 4 nitrogen and oxygen atoms in total. The number of benzene rings is 1. The second-order valence-electron chi connectivity index (χ2n) is 6.69. The van der Waals surface area contributed by atoms with E-state index in [1.165, 1.54) is 11.8 Å². The highest BCUT2D eigenvalue weighted by Crippen LogP contribution is 2.31. The molecular weight excluding hydrogens is 509 g/mol. The van der Waals surface area contributed by atoms with E-state index in [0.717, 1.165) is 41.9 Å². The number of rotatable bonds is 9. The maximum atomic E-state index is 13.2. The molecule has 0 radical (unpaired) electrons. The Morgan fingerprint density at radius 1 is 0.967 bits per heavy atom. The van der Waals surface area contributed by atoms with Crippen molar-refractivity contribution >= 4 is 22.8 Å². The van der Waals surface area contributed by atoms with Crippen LogP contribution in [0.3, 0.4) is 0 Å². The van der Waals surface area contributed by atoms with Gasteiger partial charge in [-0.15, -0.1) is 0 Å².